The van der Waals surface area contributed by atoms with Crippen LogP contribution in [0.15, 0.2) is 24.4 Å². The van der Waals surface area contributed by atoms with Gasteiger partial charge in [-0.2, -0.15) is 0 Å². The van der Waals surface area contributed by atoms with Gasteiger partial charge in [0.25, 0.3) is 11.8 Å². The minimum atomic E-state index is -0.386. The molecule has 1 aromatic carbocycles. The first-order valence-corrected chi connectivity index (χ1v) is 7.00. The number of amides is 2. The van der Waals surface area contributed by atoms with E-state index in [0.29, 0.717) is 17.8 Å². The van der Waals surface area contributed by atoms with Gasteiger partial charge in [-0.05, 0) is 32.4 Å². The predicted octanol–water partition coefficient (Wildman–Crippen LogP) is 1.53. The van der Waals surface area contributed by atoms with Gasteiger partial charge >= 0.3 is 0 Å². The van der Waals surface area contributed by atoms with Crippen molar-refractivity contribution < 1.29 is 9.59 Å². The Morgan fingerprint density at radius 1 is 1.36 bits per heavy atom. The lowest BCUT2D eigenvalue weighted by atomic mass is 10.1. The first-order chi connectivity index (χ1) is 10.4. The van der Waals surface area contributed by atoms with Crippen LogP contribution in [-0.4, -0.2) is 26.8 Å². The highest BCUT2D eigenvalue weighted by molar-refractivity contribution is 6.09. The van der Waals surface area contributed by atoms with Crippen LogP contribution >= 0.6 is 0 Å². The lowest BCUT2D eigenvalue weighted by molar-refractivity contribution is 0.0966. The Kier molecular flexibility index (Phi) is 3.20. The molecule has 0 spiro atoms. The van der Waals surface area contributed by atoms with Crippen molar-refractivity contribution in [1.82, 2.24) is 20.3 Å². The van der Waals surface area contributed by atoms with Gasteiger partial charge in [0.2, 0.25) is 0 Å². The van der Waals surface area contributed by atoms with E-state index in [4.69, 9.17) is 0 Å². The number of fused-ring (bicyclic) bond motifs is 1. The molecule has 0 bridgehead atoms. The van der Waals surface area contributed by atoms with Crippen LogP contribution in [-0.2, 0) is 12.1 Å². The fourth-order valence-electron chi connectivity index (χ4n) is 2.27. The van der Waals surface area contributed by atoms with E-state index < -0.39 is 0 Å². The van der Waals surface area contributed by atoms with Crippen molar-refractivity contribution in [3.8, 4) is 0 Å². The summed E-state index contributed by atoms with van der Waals surface area (Å²) >= 11 is 0. The molecule has 22 heavy (non-hydrogen) atoms. The maximum atomic E-state index is 12.3. The van der Waals surface area contributed by atoms with Crippen molar-refractivity contribution in [1.29, 1.82) is 0 Å². The van der Waals surface area contributed by atoms with E-state index in [-0.39, 0.29) is 23.0 Å². The third-order valence-electron chi connectivity index (χ3n) is 3.48. The lowest BCUT2D eigenvalue weighted by Crippen LogP contribution is -2.22. The SMILES string of the molecule is CC(C)(C)n1cc(C(=O)Nc2cccc3c2C(=O)NC3)nn1. The zero-order valence-corrected chi connectivity index (χ0v) is 12.7. The molecule has 0 fully saturated rings. The number of nitrogens with zero attached hydrogens (tertiary/aromatic N) is 3. The minimum absolute atomic E-state index is 0.177. The number of hydrogen-bond donors (Lipinski definition) is 2. The van der Waals surface area contributed by atoms with E-state index in [1.54, 1.807) is 23.0 Å². The molecule has 7 heteroatoms. The Hall–Kier alpha value is -2.70. The molecule has 0 saturated heterocycles. The Labute approximate surface area is 127 Å². The molecular weight excluding hydrogens is 282 g/mol. The number of anilines is 1. The van der Waals surface area contributed by atoms with Gasteiger partial charge in [-0.25, -0.2) is 4.68 Å². The molecule has 2 heterocycles. The summed E-state index contributed by atoms with van der Waals surface area (Å²) in [7, 11) is 0. The van der Waals surface area contributed by atoms with Crippen LogP contribution in [0.4, 0.5) is 5.69 Å². The molecule has 1 aliphatic heterocycles. The van der Waals surface area contributed by atoms with Gasteiger partial charge in [-0.1, -0.05) is 17.3 Å². The first kappa shape index (κ1) is 14.2. The molecular formula is C15H17N5O2. The molecule has 0 atom stereocenters. The summed E-state index contributed by atoms with van der Waals surface area (Å²) in [6.45, 7) is 6.39. The van der Waals surface area contributed by atoms with Gasteiger partial charge in [0, 0.05) is 6.54 Å². The highest BCUT2D eigenvalue weighted by atomic mass is 16.2. The van der Waals surface area contributed by atoms with Crippen LogP contribution in [0, 0.1) is 0 Å². The topological polar surface area (TPSA) is 88.9 Å². The molecule has 0 aliphatic carbocycles. The van der Waals surface area contributed by atoms with E-state index in [1.165, 1.54) is 0 Å². The monoisotopic (exact) mass is 299 g/mol. The highest BCUT2D eigenvalue weighted by Crippen LogP contribution is 2.24. The summed E-state index contributed by atoms with van der Waals surface area (Å²) in [5.41, 5.74) is 1.84. The lowest BCUT2D eigenvalue weighted by Gasteiger charge is -2.17. The second-order valence-corrected chi connectivity index (χ2v) is 6.20. The molecule has 2 N–H and O–H groups in total. The minimum Gasteiger partial charge on any atom is -0.348 e. The van der Waals surface area contributed by atoms with Crippen molar-refractivity contribution in [2.24, 2.45) is 0 Å². The Bertz CT molecular complexity index is 758. The van der Waals surface area contributed by atoms with Crippen molar-refractivity contribution in [2.45, 2.75) is 32.9 Å². The molecule has 3 rings (SSSR count). The zero-order chi connectivity index (χ0) is 15.9. The van der Waals surface area contributed by atoms with Gasteiger partial charge in [0.05, 0.1) is 23.0 Å². The van der Waals surface area contributed by atoms with Gasteiger partial charge in [-0.3, -0.25) is 9.59 Å². The molecule has 0 unspecified atom stereocenters. The van der Waals surface area contributed by atoms with Crippen molar-refractivity contribution in [3.63, 3.8) is 0 Å². The van der Waals surface area contributed by atoms with Crippen LogP contribution in [0.2, 0.25) is 0 Å². The van der Waals surface area contributed by atoms with E-state index in [0.717, 1.165) is 5.56 Å². The second-order valence-electron chi connectivity index (χ2n) is 6.20. The Morgan fingerprint density at radius 3 is 2.82 bits per heavy atom. The molecule has 2 aromatic rings. The van der Waals surface area contributed by atoms with Crippen LogP contribution in [0.25, 0.3) is 0 Å². The summed E-state index contributed by atoms with van der Waals surface area (Å²) in [4.78, 5) is 24.1. The van der Waals surface area contributed by atoms with Crippen molar-refractivity contribution in [2.75, 3.05) is 5.32 Å². The average Bonchev–Trinajstić information content (AvgIpc) is 3.06. The third kappa shape index (κ3) is 2.45. The smallest absolute Gasteiger partial charge is 0.277 e. The van der Waals surface area contributed by atoms with Crippen LogP contribution in [0.5, 0.6) is 0 Å². The number of benzene rings is 1. The summed E-state index contributed by atoms with van der Waals surface area (Å²) < 4.78 is 1.63. The standard InChI is InChI=1S/C15H17N5O2/c1-15(2,3)20-8-11(18-19-20)13(21)17-10-6-4-5-9-7-16-14(22)12(9)10/h4-6,8H,7H2,1-3H3,(H,16,22)(H,17,21). The van der Waals surface area contributed by atoms with E-state index >= 15 is 0 Å². The fourth-order valence-corrected chi connectivity index (χ4v) is 2.27. The largest absolute Gasteiger partial charge is 0.348 e. The zero-order valence-electron chi connectivity index (χ0n) is 12.7. The summed E-state index contributed by atoms with van der Waals surface area (Å²) in [5, 5.41) is 13.3. The number of aromatic nitrogens is 3. The number of carbonyl (C=O) groups excluding carboxylic acids is 2. The van der Waals surface area contributed by atoms with Crippen molar-refractivity contribution >= 4 is 17.5 Å². The van der Waals surface area contributed by atoms with Gasteiger partial charge < -0.3 is 10.6 Å². The average molecular weight is 299 g/mol. The molecule has 1 aliphatic rings. The predicted molar refractivity (Wildman–Crippen MR) is 80.6 cm³/mol. The van der Waals surface area contributed by atoms with Crippen LogP contribution in [0.1, 0.15) is 47.2 Å². The second kappa shape index (κ2) is 4.94. The van der Waals surface area contributed by atoms with Crippen molar-refractivity contribution in [3.05, 3.63) is 41.2 Å². The molecule has 7 nitrogen and oxygen atoms in total. The van der Waals surface area contributed by atoms with Gasteiger partial charge in [0.1, 0.15) is 0 Å². The fraction of sp³-hybridized carbons (Fsp3) is 0.333. The molecule has 0 saturated carbocycles. The molecule has 114 valence electrons. The normalized spacial score (nSPS) is 13.7. The van der Waals surface area contributed by atoms with E-state index in [9.17, 15) is 9.59 Å². The van der Waals surface area contributed by atoms with Crippen LogP contribution < -0.4 is 10.6 Å². The number of nitrogens with one attached hydrogen (secondary N) is 2. The highest BCUT2D eigenvalue weighted by Gasteiger charge is 2.24. The third-order valence-corrected chi connectivity index (χ3v) is 3.48. The summed E-state index contributed by atoms with van der Waals surface area (Å²) in [6.07, 6.45) is 1.60. The quantitative estimate of drug-likeness (QED) is 0.880. The Morgan fingerprint density at radius 2 is 2.14 bits per heavy atom. The van der Waals surface area contributed by atoms with Crippen LogP contribution in [0.3, 0.4) is 0 Å². The molecule has 1 aromatic heterocycles. The van der Waals surface area contributed by atoms with E-state index in [2.05, 4.69) is 20.9 Å². The Balaban J connectivity index is 1.86. The number of rotatable bonds is 2. The summed E-state index contributed by atoms with van der Waals surface area (Å²) in [5.74, 6) is -0.562. The molecule has 0 radical (unpaired) electrons. The number of hydrogen-bond acceptors (Lipinski definition) is 4. The number of carbonyl (C=O) groups is 2. The first-order valence-electron chi connectivity index (χ1n) is 7.00. The maximum absolute atomic E-state index is 12.3. The van der Waals surface area contributed by atoms with Gasteiger partial charge in [0.15, 0.2) is 5.69 Å². The van der Waals surface area contributed by atoms with E-state index in [1.807, 2.05) is 26.8 Å². The molecule has 2 amide bonds. The van der Waals surface area contributed by atoms with Gasteiger partial charge in [-0.15, -0.1) is 5.10 Å². The maximum Gasteiger partial charge on any atom is 0.277 e. The summed E-state index contributed by atoms with van der Waals surface area (Å²) in [6, 6.07) is 5.37.